The Morgan fingerprint density at radius 3 is 2.56 bits per heavy atom. The topological polar surface area (TPSA) is 55.4 Å². The first-order valence-corrected chi connectivity index (χ1v) is 9.39. The van der Waals surface area contributed by atoms with Crippen molar-refractivity contribution in [3.8, 4) is 0 Å². The minimum Gasteiger partial charge on any atom is -0.341 e. The van der Waals surface area contributed by atoms with Crippen molar-refractivity contribution in [1.82, 2.24) is 19.2 Å². The molecule has 1 fully saturated rings. The zero-order chi connectivity index (χ0) is 18.4. The molecule has 1 saturated heterocycles. The minimum atomic E-state index is -0.0228. The van der Waals surface area contributed by atoms with E-state index in [9.17, 15) is 4.79 Å². The molecule has 136 valence electrons. The maximum Gasteiger partial charge on any atom is 0.263 e. The summed E-state index contributed by atoms with van der Waals surface area (Å²) < 4.78 is 3.79. The van der Waals surface area contributed by atoms with E-state index in [1.807, 2.05) is 59.9 Å². The van der Waals surface area contributed by atoms with E-state index in [1.54, 1.807) is 4.57 Å². The van der Waals surface area contributed by atoms with E-state index in [-0.39, 0.29) is 5.56 Å². The molecule has 6 heteroatoms. The van der Waals surface area contributed by atoms with Crippen LogP contribution in [0, 0.1) is 6.92 Å². The molecular weight excluding hydrogens is 338 g/mol. The minimum absolute atomic E-state index is 0.0228. The summed E-state index contributed by atoms with van der Waals surface area (Å²) in [4.78, 5) is 15.6. The first-order chi connectivity index (χ1) is 13.2. The van der Waals surface area contributed by atoms with Gasteiger partial charge in [0, 0.05) is 13.1 Å². The molecule has 0 aliphatic carbocycles. The summed E-state index contributed by atoms with van der Waals surface area (Å²) in [6, 6.07) is 16.0. The van der Waals surface area contributed by atoms with Crippen LogP contribution in [0.2, 0.25) is 0 Å². The van der Waals surface area contributed by atoms with Crippen LogP contribution < -0.4 is 10.5 Å². The smallest absolute Gasteiger partial charge is 0.263 e. The number of aromatic nitrogens is 4. The lowest BCUT2D eigenvalue weighted by Crippen LogP contribution is -2.26. The van der Waals surface area contributed by atoms with Crippen LogP contribution in [0.25, 0.3) is 16.7 Å². The summed E-state index contributed by atoms with van der Waals surface area (Å²) in [5, 5.41) is 9.61. The van der Waals surface area contributed by atoms with E-state index in [2.05, 4.69) is 15.1 Å². The Bertz CT molecular complexity index is 1190. The molecule has 0 saturated carbocycles. The molecule has 0 unspecified atom stereocenters. The van der Waals surface area contributed by atoms with Gasteiger partial charge in [-0.1, -0.05) is 42.0 Å². The summed E-state index contributed by atoms with van der Waals surface area (Å²) in [6.07, 6.45) is 2.32. The van der Waals surface area contributed by atoms with Crippen molar-refractivity contribution < 1.29 is 0 Å². The Balaban J connectivity index is 1.82. The van der Waals surface area contributed by atoms with Crippen LogP contribution in [0.1, 0.15) is 24.0 Å². The Hall–Kier alpha value is -3.15. The van der Waals surface area contributed by atoms with Gasteiger partial charge < -0.3 is 4.90 Å². The van der Waals surface area contributed by atoms with Crippen LogP contribution in [0.3, 0.4) is 0 Å². The number of rotatable bonds is 3. The van der Waals surface area contributed by atoms with Gasteiger partial charge in [0.05, 0.1) is 17.4 Å². The number of hydrogen-bond donors (Lipinski definition) is 0. The van der Waals surface area contributed by atoms with Crippen LogP contribution in [0.5, 0.6) is 0 Å². The van der Waals surface area contributed by atoms with Gasteiger partial charge in [-0.25, -0.2) is 4.40 Å². The Morgan fingerprint density at radius 1 is 1.00 bits per heavy atom. The van der Waals surface area contributed by atoms with Crippen molar-refractivity contribution in [1.29, 1.82) is 0 Å². The van der Waals surface area contributed by atoms with Gasteiger partial charge >= 0.3 is 0 Å². The monoisotopic (exact) mass is 359 g/mol. The van der Waals surface area contributed by atoms with Crippen LogP contribution in [-0.2, 0) is 6.54 Å². The number of nitrogens with zero attached hydrogens (tertiary/aromatic N) is 5. The normalized spacial score (nSPS) is 14.5. The second-order valence-corrected chi connectivity index (χ2v) is 7.23. The molecular formula is C21H21N5O. The van der Waals surface area contributed by atoms with Gasteiger partial charge in [0.25, 0.3) is 5.56 Å². The fraction of sp³-hybridized carbons (Fsp3) is 0.286. The molecule has 6 nitrogen and oxygen atoms in total. The molecule has 2 aromatic heterocycles. The van der Waals surface area contributed by atoms with E-state index in [4.69, 9.17) is 0 Å². The van der Waals surface area contributed by atoms with E-state index in [0.717, 1.165) is 48.5 Å². The quantitative estimate of drug-likeness (QED) is 0.564. The fourth-order valence-electron chi connectivity index (χ4n) is 3.94. The van der Waals surface area contributed by atoms with Gasteiger partial charge in [0.2, 0.25) is 11.7 Å². The van der Waals surface area contributed by atoms with Crippen LogP contribution >= 0.6 is 0 Å². The number of aryl methyl sites for hydroxylation is 1. The van der Waals surface area contributed by atoms with Crippen LogP contribution in [0.4, 0.5) is 5.95 Å². The highest BCUT2D eigenvalue weighted by Crippen LogP contribution is 2.24. The lowest BCUT2D eigenvalue weighted by Gasteiger charge is -2.17. The van der Waals surface area contributed by atoms with Crippen molar-refractivity contribution in [3.63, 3.8) is 0 Å². The summed E-state index contributed by atoms with van der Waals surface area (Å²) in [6.45, 7) is 4.45. The standard InChI is InChI=1S/C21H21N5O/c1-15-9-10-18-17(13-15)19(27)25(14-16-7-3-2-4-8-16)21-23-22-20(26(18)21)24-11-5-6-12-24/h2-4,7-10,13H,5-6,11-12,14H2,1H3. The molecule has 1 aliphatic heterocycles. The first kappa shape index (κ1) is 16.1. The van der Waals surface area contributed by atoms with Crippen molar-refractivity contribution in [2.75, 3.05) is 18.0 Å². The van der Waals surface area contributed by atoms with Gasteiger partial charge in [0.1, 0.15) is 0 Å². The zero-order valence-corrected chi connectivity index (χ0v) is 15.3. The fourth-order valence-corrected chi connectivity index (χ4v) is 3.94. The van der Waals surface area contributed by atoms with Gasteiger partial charge in [-0.2, -0.15) is 0 Å². The number of fused-ring (bicyclic) bond motifs is 3. The molecule has 0 N–H and O–H groups in total. The summed E-state index contributed by atoms with van der Waals surface area (Å²) in [7, 11) is 0. The van der Waals surface area contributed by atoms with E-state index in [0.29, 0.717) is 17.7 Å². The number of anilines is 1. The van der Waals surface area contributed by atoms with Crippen molar-refractivity contribution in [2.24, 2.45) is 0 Å². The van der Waals surface area contributed by atoms with Gasteiger partial charge in [-0.3, -0.25) is 9.36 Å². The zero-order valence-electron chi connectivity index (χ0n) is 15.3. The predicted octanol–water partition coefficient (Wildman–Crippen LogP) is 3.00. The number of benzene rings is 2. The maximum atomic E-state index is 13.3. The van der Waals surface area contributed by atoms with Gasteiger partial charge in [-0.05, 0) is 37.5 Å². The van der Waals surface area contributed by atoms with E-state index >= 15 is 0 Å². The molecule has 2 aromatic carbocycles. The lowest BCUT2D eigenvalue weighted by atomic mass is 10.1. The van der Waals surface area contributed by atoms with Crippen LogP contribution in [-0.4, -0.2) is 32.3 Å². The third kappa shape index (κ3) is 2.60. The summed E-state index contributed by atoms with van der Waals surface area (Å²) in [5.74, 6) is 1.43. The molecule has 0 atom stereocenters. The molecule has 27 heavy (non-hydrogen) atoms. The Labute approximate surface area is 156 Å². The molecule has 0 spiro atoms. The highest BCUT2D eigenvalue weighted by molar-refractivity contribution is 5.82. The van der Waals surface area contributed by atoms with E-state index < -0.39 is 0 Å². The molecule has 0 radical (unpaired) electrons. The third-order valence-corrected chi connectivity index (χ3v) is 5.31. The molecule has 4 aromatic rings. The van der Waals surface area contributed by atoms with E-state index in [1.165, 1.54) is 0 Å². The average Bonchev–Trinajstić information content (AvgIpc) is 3.35. The summed E-state index contributed by atoms with van der Waals surface area (Å²) >= 11 is 0. The second-order valence-electron chi connectivity index (χ2n) is 7.23. The highest BCUT2D eigenvalue weighted by atomic mass is 16.1. The average molecular weight is 359 g/mol. The molecule has 0 amide bonds. The molecule has 0 bridgehead atoms. The molecule has 5 rings (SSSR count). The van der Waals surface area contributed by atoms with Crippen molar-refractivity contribution in [2.45, 2.75) is 26.3 Å². The molecule has 1 aliphatic rings. The third-order valence-electron chi connectivity index (χ3n) is 5.31. The SMILES string of the molecule is Cc1ccc2c(c1)c(=O)n(Cc1ccccc1)c1nnc(N3CCCC3)n21. The highest BCUT2D eigenvalue weighted by Gasteiger charge is 2.22. The number of hydrogen-bond acceptors (Lipinski definition) is 4. The second kappa shape index (κ2) is 6.23. The van der Waals surface area contributed by atoms with Gasteiger partial charge in [0.15, 0.2) is 0 Å². The first-order valence-electron chi connectivity index (χ1n) is 9.39. The van der Waals surface area contributed by atoms with Crippen molar-refractivity contribution >= 4 is 22.6 Å². The Kier molecular flexibility index (Phi) is 3.70. The molecule has 3 heterocycles. The predicted molar refractivity (Wildman–Crippen MR) is 106 cm³/mol. The summed E-state index contributed by atoms with van der Waals surface area (Å²) in [5.41, 5.74) is 2.99. The lowest BCUT2D eigenvalue weighted by molar-refractivity contribution is 0.765. The van der Waals surface area contributed by atoms with Crippen molar-refractivity contribution in [3.05, 3.63) is 70.0 Å². The Morgan fingerprint density at radius 2 is 1.78 bits per heavy atom. The maximum absolute atomic E-state index is 13.3. The van der Waals surface area contributed by atoms with Crippen LogP contribution in [0.15, 0.2) is 53.3 Å². The van der Waals surface area contributed by atoms with Gasteiger partial charge in [-0.15, -0.1) is 10.2 Å². The largest absolute Gasteiger partial charge is 0.341 e.